The van der Waals surface area contributed by atoms with E-state index < -0.39 is 0 Å². The minimum Gasteiger partial charge on any atom is -0.308 e. The second kappa shape index (κ2) is 6.58. The fourth-order valence-corrected chi connectivity index (χ4v) is 3.61. The largest absolute Gasteiger partial charge is 0.308 e. The molecule has 0 spiro atoms. The highest BCUT2D eigenvalue weighted by Gasteiger charge is 2.16. The van der Waals surface area contributed by atoms with Gasteiger partial charge in [-0.15, -0.1) is 11.3 Å². The fraction of sp³-hybridized carbons (Fsp3) is 0.455. The molecule has 0 aliphatic rings. The van der Waals surface area contributed by atoms with Crippen LogP contribution in [0.3, 0.4) is 0 Å². The average Bonchev–Trinajstić information content (AvgIpc) is 2.96. The van der Waals surface area contributed by atoms with Gasteiger partial charge in [0, 0.05) is 15.8 Å². The monoisotopic (exact) mass is 331 g/mol. The number of thiophene rings is 1. The predicted octanol–water partition coefficient (Wildman–Crippen LogP) is 3.65. The summed E-state index contributed by atoms with van der Waals surface area (Å²) < 4.78 is 9.61. The van der Waals surface area contributed by atoms with Crippen LogP contribution in [0, 0.1) is 0 Å². The molecule has 0 amide bonds. The highest BCUT2D eigenvalue weighted by Crippen LogP contribution is 2.27. The molecule has 1 N–H and O–H groups in total. The van der Waals surface area contributed by atoms with Crippen LogP contribution in [0.4, 0.5) is 0 Å². The summed E-state index contributed by atoms with van der Waals surface area (Å²) in [5.74, 6) is 0. The van der Waals surface area contributed by atoms with Gasteiger partial charge in [0.15, 0.2) is 0 Å². The second-order valence-corrected chi connectivity index (χ2v) is 6.15. The van der Waals surface area contributed by atoms with E-state index in [1.165, 1.54) is 21.1 Å². The van der Waals surface area contributed by atoms with Crippen molar-refractivity contribution in [2.75, 3.05) is 6.54 Å². The number of rotatable bonds is 6. The molecule has 0 aliphatic carbocycles. The molecule has 1 atom stereocenters. The number of hydrogen-bond donors (Lipinski definition) is 1. The number of hydrogen-bond acceptors (Lipinski definition) is 5. The number of nitrogens with zero attached hydrogens (tertiary/aromatic N) is 2. The molecule has 2 aromatic heterocycles. The third-order valence-electron chi connectivity index (χ3n) is 2.46. The summed E-state index contributed by atoms with van der Waals surface area (Å²) in [6, 6.07) is 2.36. The third-order valence-corrected chi connectivity index (χ3v) is 4.90. The van der Waals surface area contributed by atoms with E-state index in [9.17, 15) is 0 Å². The van der Waals surface area contributed by atoms with E-state index in [0.717, 1.165) is 25.1 Å². The molecule has 2 rings (SSSR count). The van der Waals surface area contributed by atoms with E-state index in [1.54, 1.807) is 11.3 Å². The van der Waals surface area contributed by atoms with E-state index in [2.05, 4.69) is 48.4 Å². The van der Waals surface area contributed by atoms with E-state index in [1.807, 2.05) is 6.20 Å². The first kappa shape index (κ1) is 13.1. The molecule has 6 heteroatoms. The van der Waals surface area contributed by atoms with Gasteiger partial charge in [0.05, 0.1) is 29.7 Å². The van der Waals surface area contributed by atoms with Crippen molar-refractivity contribution in [3.63, 3.8) is 0 Å². The molecule has 0 aliphatic heterocycles. The van der Waals surface area contributed by atoms with Crippen LogP contribution in [0.2, 0.25) is 0 Å². The lowest BCUT2D eigenvalue weighted by Crippen LogP contribution is -2.24. The van der Waals surface area contributed by atoms with E-state index in [4.69, 9.17) is 0 Å². The van der Waals surface area contributed by atoms with Gasteiger partial charge in [-0.2, -0.15) is 8.75 Å². The lowest BCUT2D eigenvalue weighted by Gasteiger charge is -2.15. The Bertz CT molecular complexity index is 441. The van der Waals surface area contributed by atoms with Gasteiger partial charge in [-0.1, -0.05) is 6.92 Å². The van der Waals surface area contributed by atoms with Crippen molar-refractivity contribution in [1.82, 2.24) is 14.1 Å². The predicted molar refractivity (Wildman–Crippen MR) is 76.7 cm³/mol. The molecule has 17 heavy (non-hydrogen) atoms. The highest BCUT2D eigenvalue weighted by atomic mass is 79.9. The number of nitrogens with one attached hydrogen (secondary N) is 1. The van der Waals surface area contributed by atoms with Crippen molar-refractivity contribution in [2.24, 2.45) is 0 Å². The Morgan fingerprint density at radius 3 is 3.00 bits per heavy atom. The standard InChI is InChI=1S/C11H14BrN3S2/c1-2-4-13-9(10-7-14-17-15-10)6-11-8(12)3-5-16-11/h3,5,7,9,13H,2,4,6H2,1H3. The number of halogens is 1. The molecule has 1 unspecified atom stereocenters. The molecular formula is C11H14BrN3S2. The lowest BCUT2D eigenvalue weighted by molar-refractivity contribution is 0.523. The average molecular weight is 332 g/mol. The number of aromatic nitrogens is 2. The maximum Gasteiger partial charge on any atom is 0.0915 e. The Hall–Kier alpha value is -0.300. The molecule has 2 heterocycles. The molecule has 0 saturated heterocycles. The first-order valence-corrected chi connectivity index (χ1v) is 7.94. The molecule has 0 radical (unpaired) electrons. The van der Waals surface area contributed by atoms with Crippen LogP contribution in [-0.4, -0.2) is 15.3 Å². The van der Waals surface area contributed by atoms with Crippen molar-refractivity contribution >= 4 is 39.0 Å². The summed E-state index contributed by atoms with van der Waals surface area (Å²) in [5.41, 5.74) is 1.05. The van der Waals surface area contributed by atoms with Crippen LogP contribution in [-0.2, 0) is 6.42 Å². The summed E-state index contributed by atoms with van der Waals surface area (Å²) in [4.78, 5) is 1.35. The van der Waals surface area contributed by atoms with Crippen LogP contribution in [0.25, 0.3) is 0 Å². The first-order valence-electron chi connectivity index (χ1n) is 5.54. The lowest BCUT2D eigenvalue weighted by atomic mass is 10.1. The van der Waals surface area contributed by atoms with Crippen LogP contribution in [0.1, 0.15) is 30.0 Å². The van der Waals surface area contributed by atoms with Gasteiger partial charge in [0.25, 0.3) is 0 Å². The van der Waals surface area contributed by atoms with Gasteiger partial charge < -0.3 is 5.32 Å². The van der Waals surface area contributed by atoms with Crippen LogP contribution >= 0.6 is 39.0 Å². The Balaban J connectivity index is 2.08. The molecule has 2 aromatic rings. The van der Waals surface area contributed by atoms with Crippen LogP contribution in [0.5, 0.6) is 0 Å². The van der Waals surface area contributed by atoms with Gasteiger partial charge in [0.2, 0.25) is 0 Å². The van der Waals surface area contributed by atoms with Crippen LogP contribution < -0.4 is 5.32 Å². The zero-order valence-electron chi connectivity index (χ0n) is 9.52. The molecule has 0 saturated carbocycles. The third kappa shape index (κ3) is 3.58. The Kier molecular flexibility index (Phi) is 5.09. The van der Waals surface area contributed by atoms with Gasteiger partial charge >= 0.3 is 0 Å². The van der Waals surface area contributed by atoms with Crippen molar-refractivity contribution in [1.29, 1.82) is 0 Å². The van der Waals surface area contributed by atoms with Gasteiger partial charge in [-0.05, 0) is 40.3 Å². The van der Waals surface area contributed by atoms with E-state index in [-0.39, 0.29) is 6.04 Å². The van der Waals surface area contributed by atoms with Gasteiger partial charge in [-0.3, -0.25) is 0 Å². The van der Waals surface area contributed by atoms with Gasteiger partial charge in [0.1, 0.15) is 0 Å². The van der Waals surface area contributed by atoms with E-state index in [0.29, 0.717) is 0 Å². The molecule has 0 aromatic carbocycles. The topological polar surface area (TPSA) is 37.8 Å². The normalized spacial score (nSPS) is 12.8. The summed E-state index contributed by atoms with van der Waals surface area (Å²) in [6.45, 7) is 3.18. The SMILES string of the molecule is CCCNC(Cc1sccc1Br)c1cnsn1. The zero-order valence-corrected chi connectivity index (χ0v) is 12.7. The van der Waals surface area contributed by atoms with Crippen LogP contribution in [0.15, 0.2) is 22.1 Å². The molecule has 92 valence electrons. The van der Waals surface area contributed by atoms with Crippen molar-refractivity contribution in [3.05, 3.63) is 32.7 Å². The minimum absolute atomic E-state index is 0.267. The maximum atomic E-state index is 4.34. The smallest absolute Gasteiger partial charge is 0.0915 e. The van der Waals surface area contributed by atoms with Crippen molar-refractivity contribution in [2.45, 2.75) is 25.8 Å². The molecular weight excluding hydrogens is 318 g/mol. The van der Waals surface area contributed by atoms with Crippen molar-refractivity contribution in [3.8, 4) is 0 Å². The summed E-state index contributed by atoms with van der Waals surface area (Å²) >= 11 is 6.62. The summed E-state index contributed by atoms with van der Waals surface area (Å²) in [5, 5.41) is 5.63. The summed E-state index contributed by atoms with van der Waals surface area (Å²) in [7, 11) is 0. The molecule has 3 nitrogen and oxygen atoms in total. The fourth-order valence-electron chi connectivity index (χ4n) is 1.58. The van der Waals surface area contributed by atoms with Crippen molar-refractivity contribution < 1.29 is 0 Å². The maximum absolute atomic E-state index is 4.34. The quantitative estimate of drug-likeness (QED) is 0.877. The Morgan fingerprint density at radius 1 is 1.53 bits per heavy atom. The minimum atomic E-state index is 0.267. The highest BCUT2D eigenvalue weighted by molar-refractivity contribution is 9.10. The first-order chi connectivity index (χ1) is 8.31. The molecule has 0 fully saturated rings. The Morgan fingerprint density at radius 2 is 2.41 bits per heavy atom. The summed E-state index contributed by atoms with van der Waals surface area (Å²) in [6.07, 6.45) is 3.95. The second-order valence-electron chi connectivity index (χ2n) is 3.73. The van der Waals surface area contributed by atoms with E-state index >= 15 is 0 Å². The van der Waals surface area contributed by atoms with Gasteiger partial charge in [-0.25, -0.2) is 0 Å². The zero-order chi connectivity index (χ0) is 12.1. The molecule has 0 bridgehead atoms. The Labute approximate surface area is 118 Å².